The standard InChI is InChI=1S/C14H16Cl2O2/c1-8-3-6-11(18-7-8)14(17)10-5-4-9(2)12(15)13(10)16/h4-5,8,11H,3,6-7H2,1-2H3/t8?,11-/m0/s1. The van der Waals surface area contributed by atoms with Crippen LogP contribution in [0, 0.1) is 12.8 Å². The Morgan fingerprint density at radius 2 is 2.00 bits per heavy atom. The summed E-state index contributed by atoms with van der Waals surface area (Å²) in [5, 5.41) is 0.788. The number of carbonyl (C=O) groups is 1. The molecule has 1 aromatic rings. The highest BCUT2D eigenvalue weighted by Crippen LogP contribution is 2.31. The van der Waals surface area contributed by atoms with Crippen molar-refractivity contribution in [3.05, 3.63) is 33.3 Å². The largest absolute Gasteiger partial charge is 0.370 e. The molecule has 2 nitrogen and oxygen atoms in total. The van der Waals surface area contributed by atoms with Gasteiger partial charge in [-0.25, -0.2) is 0 Å². The predicted octanol–water partition coefficient (Wildman–Crippen LogP) is 4.30. The second-order valence-electron chi connectivity index (χ2n) is 4.93. The van der Waals surface area contributed by atoms with Gasteiger partial charge in [0.1, 0.15) is 6.10 Å². The molecule has 98 valence electrons. The van der Waals surface area contributed by atoms with Gasteiger partial charge in [0.05, 0.1) is 16.7 Å². The number of aryl methyl sites for hydroxylation is 1. The zero-order valence-corrected chi connectivity index (χ0v) is 12.0. The number of rotatable bonds is 2. The topological polar surface area (TPSA) is 26.3 Å². The fourth-order valence-electron chi connectivity index (χ4n) is 2.10. The molecule has 2 atom stereocenters. The van der Waals surface area contributed by atoms with Crippen LogP contribution in [0.4, 0.5) is 0 Å². The molecule has 0 aliphatic carbocycles. The van der Waals surface area contributed by atoms with E-state index >= 15 is 0 Å². The molecule has 0 bridgehead atoms. The molecule has 1 fully saturated rings. The molecule has 1 saturated heterocycles. The molecule has 0 saturated carbocycles. The van der Waals surface area contributed by atoms with Crippen LogP contribution in [0.3, 0.4) is 0 Å². The van der Waals surface area contributed by atoms with Gasteiger partial charge in [0.15, 0.2) is 5.78 Å². The number of halogens is 2. The van der Waals surface area contributed by atoms with E-state index in [0.29, 0.717) is 28.1 Å². The highest BCUT2D eigenvalue weighted by molar-refractivity contribution is 6.44. The molecular weight excluding hydrogens is 271 g/mol. The molecule has 0 aromatic heterocycles. The van der Waals surface area contributed by atoms with Gasteiger partial charge < -0.3 is 4.74 Å². The molecule has 0 radical (unpaired) electrons. The Kier molecular flexibility index (Phi) is 4.31. The van der Waals surface area contributed by atoms with Crippen LogP contribution in [0.25, 0.3) is 0 Å². The van der Waals surface area contributed by atoms with Crippen LogP contribution in [-0.2, 0) is 4.74 Å². The van der Waals surface area contributed by atoms with E-state index in [1.54, 1.807) is 6.07 Å². The van der Waals surface area contributed by atoms with Crippen LogP contribution in [0.5, 0.6) is 0 Å². The number of carbonyl (C=O) groups excluding carboxylic acids is 1. The molecule has 18 heavy (non-hydrogen) atoms. The van der Waals surface area contributed by atoms with Gasteiger partial charge >= 0.3 is 0 Å². The van der Waals surface area contributed by atoms with Crippen molar-refractivity contribution in [2.45, 2.75) is 32.8 Å². The first kappa shape index (κ1) is 13.9. The van der Waals surface area contributed by atoms with Gasteiger partial charge in [0.2, 0.25) is 0 Å². The summed E-state index contributed by atoms with van der Waals surface area (Å²) in [5.41, 5.74) is 1.34. The molecule has 2 rings (SSSR count). The van der Waals surface area contributed by atoms with Crippen LogP contribution >= 0.6 is 23.2 Å². The van der Waals surface area contributed by atoms with E-state index < -0.39 is 0 Å². The molecule has 1 aliphatic heterocycles. The van der Waals surface area contributed by atoms with Crippen LogP contribution in [-0.4, -0.2) is 18.5 Å². The number of ether oxygens (including phenoxy) is 1. The lowest BCUT2D eigenvalue weighted by molar-refractivity contribution is -0.00152. The van der Waals surface area contributed by atoms with Gasteiger partial charge in [-0.15, -0.1) is 0 Å². The molecule has 1 unspecified atom stereocenters. The van der Waals surface area contributed by atoms with Crippen molar-refractivity contribution in [1.29, 1.82) is 0 Å². The first-order chi connectivity index (χ1) is 8.50. The third-order valence-electron chi connectivity index (χ3n) is 3.34. The fourth-order valence-corrected chi connectivity index (χ4v) is 2.57. The van der Waals surface area contributed by atoms with E-state index in [1.165, 1.54) is 0 Å². The Hall–Kier alpha value is -0.570. The normalized spacial score (nSPS) is 24.0. The molecule has 4 heteroatoms. The van der Waals surface area contributed by atoms with Gasteiger partial charge in [0, 0.05) is 5.56 Å². The van der Waals surface area contributed by atoms with Crippen molar-refractivity contribution >= 4 is 29.0 Å². The second kappa shape index (κ2) is 5.60. The molecule has 1 aliphatic rings. The van der Waals surface area contributed by atoms with Crippen molar-refractivity contribution in [3.8, 4) is 0 Å². The summed E-state index contributed by atoms with van der Waals surface area (Å²) in [6, 6.07) is 3.54. The Bertz CT molecular complexity index is 463. The van der Waals surface area contributed by atoms with E-state index in [9.17, 15) is 4.79 Å². The minimum Gasteiger partial charge on any atom is -0.370 e. The zero-order valence-electron chi connectivity index (χ0n) is 10.5. The Balaban J connectivity index is 2.21. The molecular formula is C14H16Cl2O2. The van der Waals surface area contributed by atoms with Crippen LogP contribution in [0.1, 0.15) is 35.7 Å². The van der Waals surface area contributed by atoms with Gasteiger partial charge in [-0.05, 0) is 37.3 Å². The van der Waals surface area contributed by atoms with E-state index in [2.05, 4.69) is 6.92 Å². The van der Waals surface area contributed by atoms with Crippen molar-refractivity contribution in [1.82, 2.24) is 0 Å². The summed E-state index contributed by atoms with van der Waals surface area (Å²) in [4.78, 5) is 12.3. The number of hydrogen-bond donors (Lipinski definition) is 0. The van der Waals surface area contributed by atoms with Crippen LogP contribution in [0.15, 0.2) is 12.1 Å². The number of Topliss-reactive ketones (excluding diaryl/α,β-unsaturated/α-hetero) is 1. The highest BCUT2D eigenvalue weighted by atomic mass is 35.5. The SMILES string of the molecule is Cc1ccc(C(=O)[C@@H]2CCC(C)CO2)c(Cl)c1Cl. The van der Waals surface area contributed by atoms with E-state index in [1.807, 2.05) is 13.0 Å². The van der Waals surface area contributed by atoms with E-state index in [0.717, 1.165) is 18.4 Å². The summed E-state index contributed by atoms with van der Waals surface area (Å²) < 4.78 is 5.58. The maximum absolute atomic E-state index is 12.3. The quantitative estimate of drug-likeness (QED) is 0.758. The Labute approximate surface area is 117 Å². The smallest absolute Gasteiger partial charge is 0.193 e. The maximum atomic E-state index is 12.3. The van der Waals surface area contributed by atoms with Crippen molar-refractivity contribution < 1.29 is 9.53 Å². The van der Waals surface area contributed by atoms with Crippen molar-refractivity contribution in [2.24, 2.45) is 5.92 Å². The summed E-state index contributed by atoms with van der Waals surface area (Å²) >= 11 is 12.2. The Morgan fingerprint density at radius 1 is 1.28 bits per heavy atom. The molecule has 1 heterocycles. The predicted molar refractivity (Wildman–Crippen MR) is 73.7 cm³/mol. The van der Waals surface area contributed by atoms with Gasteiger partial charge in [-0.3, -0.25) is 4.79 Å². The van der Waals surface area contributed by atoms with Gasteiger partial charge in [0.25, 0.3) is 0 Å². The number of ketones is 1. The Morgan fingerprint density at radius 3 is 2.61 bits per heavy atom. The second-order valence-corrected chi connectivity index (χ2v) is 5.68. The minimum atomic E-state index is -0.377. The summed E-state index contributed by atoms with van der Waals surface area (Å²) in [6.45, 7) is 4.62. The minimum absolute atomic E-state index is 0.0613. The lowest BCUT2D eigenvalue weighted by Crippen LogP contribution is -2.31. The first-order valence-corrected chi connectivity index (χ1v) is 6.86. The van der Waals surface area contributed by atoms with Gasteiger partial charge in [-0.2, -0.15) is 0 Å². The first-order valence-electron chi connectivity index (χ1n) is 6.11. The van der Waals surface area contributed by atoms with E-state index in [-0.39, 0.29) is 11.9 Å². The van der Waals surface area contributed by atoms with Gasteiger partial charge in [-0.1, -0.05) is 36.2 Å². The third-order valence-corrected chi connectivity index (χ3v) is 4.31. The number of hydrogen-bond acceptors (Lipinski definition) is 2. The third kappa shape index (κ3) is 2.71. The lowest BCUT2D eigenvalue weighted by atomic mass is 9.95. The summed E-state index contributed by atoms with van der Waals surface area (Å²) in [6.07, 6.45) is 1.38. The molecule has 0 N–H and O–H groups in total. The van der Waals surface area contributed by atoms with Crippen molar-refractivity contribution in [2.75, 3.05) is 6.61 Å². The summed E-state index contributed by atoms with van der Waals surface area (Å²) in [7, 11) is 0. The van der Waals surface area contributed by atoms with Crippen LogP contribution in [0.2, 0.25) is 10.0 Å². The maximum Gasteiger partial charge on any atom is 0.193 e. The van der Waals surface area contributed by atoms with Crippen LogP contribution < -0.4 is 0 Å². The van der Waals surface area contributed by atoms with E-state index in [4.69, 9.17) is 27.9 Å². The zero-order chi connectivity index (χ0) is 13.3. The fraction of sp³-hybridized carbons (Fsp3) is 0.500. The highest BCUT2D eigenvalue weighted by Gasteiger charge is 2.28. The average molecular weight is 287 g/mol. The average Bonchev–Trinajstić information content (AvgIpc) is 2.36. The number of benzene rings is 1. The summed E-state index contributed by atoms with van der Waals surface area (Å²) in [5.74, 6) is 0.458. The monoisotopic (exact) mass is 286 g/mol. The molecule has 1 aromatic carbocycles. The lowest BCUT2D eigenvalue weighted by Gasteiger charge is -2.26. The molecule has 0 amide bonds. The van der Waals surface area contributed by atoms with Crippen molar-refractivity contribution in [3.63, 3.8) is 0 Å². The molecule has 0 spiro atoms.